The Kier molecular flexibility index (Phi) is 9.43. The summed E-state index contributed by atoms with van der Waals surface area (Å²) in [6.45, 7) is -3.87. The van der Waals surface area contributed by atoms with Gasteiger partial charge in [-0.05, 0) is 83.2 Å². The molecule has 0 aliphatic heterocycles. The van der Waals surface area contributed by atoms with Gasteiger partial charge in [0.05, 0.1) is 16.9 Å². The highest BCUT2D eigenvalue weighted by Crippen LogP contribution is 2.55. The number of carbonyl (C=O) groups excluding carboxylic acids is 2. The summed E-state index contributed by atoms with van der Waals surface area (Å²) >= 11 is 2.54. The van der Waals surface area contributed by atoms with Crippen LogP contribution in [0.1, 0.15) is 39.1 Å². The standard InChI is InChI=1S/C28H18BrF11N2O3/c29-18-10-15(26(34,27(35,36)37)28(38,39)40)11-20(45-25(32)33)22(18)41-23(43)17-2-1-3-19(21(17)31)42(12-13-4-5-13)24(44)14-6-8-16(30)9-7-14/h1-3,6-11,13,25H,4-5,12H2,(H,41,43). The number of alkyl halides is 9. The summed E-state index contributed by atoms with van der Waals surface area (Å²) in [6, 6.07) is 7.11. The highest BCUT2D eigenvalue weighted by molar-refractivity contribution is 9.10. The van der Waals surface area contributed by atoms with Crippen LogP contribution in [0.5, 0.6) is 5.75 Å². The van der Waals surface area contributed by atoms with Gasteiger partial charge < -0.3 is 15.0 Å². The molecule has 5 nitrogen and oxygen atoms in total. The van der Waals surface area contributed by atoms with Crippen LogP contribution < -0.4 is 15.0 Å². The van der Waals surface area contributed by atoms with Gasteiger partial charge in [0.15, 0.2) is 11.6 Å². The summed E-state index contributed by atoms with van der Waals surface area (Å²) in [5, 5.41) is 1.87. The maximum atomic E-state index is 15.8. The summed E-state index contributed by atoms with van der Waals surface area (Å²) in [5.74, 6) is -5.71. The molecule has 0 spiro atoms. The van der Waals surface area contributed by atoms with E-state index in [1.807, 2.05) is 5.32 Å². The Hall–Kier alpha value is -3.89. The Morgan fingerprint density at radius 3 is 2.07 bits per heavy atom. The molecule has 3 aromatic carbocycles. The number of nitrogens with one attached hydrogen (secondary N) is 1. The molecule has 0 aromatic heterocycles. The molecule has 1 saturated carbocycles. The van der Waals surface area contributed by atoms with E-state index in [4.69, 9.17) is 0 Å². The van der Waals surface area contributed by atoms with E-state index in [1.165, 1.54) is 0 Å². The van der Waals surface area contributed by atoms with E-state index < -0.39 is 80.8 Å². The van der Waals surface area contributed by atoms with Crippen molar-refractivity contribution in [1.82, 2.24) is 0 Å². The van der Waals surface area contributed by atoms with Crippen LogP contribution in [0, 0.1) is 17.6 Å². The van der Waals surface area contributed by atoms with E-state index >= 15 is 4.39 Å². The SMILES string of the molecule is O=C(Nc1c(Br)cc(C(F)(C(F)(F)F)C(F)(F)F)cc1OC(F)F)c1cccc(N(CC2CC2)C(=O)c2ccc(F)cc2)c1F. The summed E-state index contributed by atoms with van der Waals surface area (Å²) < 4.78 is 153. The Balaban J connectivity index is 1.74. The van der Waals surface area contributed by atoms with Gasteiger partial charge in [0.1, 0.15) is 5.82 Å². The molecule has 242 valence electrons. The van der Waals surface area contributed by atoms with E-state index in [2.05, 4.69) is 20.7 Å². The van der Waals surface area contributed by atoms with E-state index in [0.29, 0.717) is 12.8 Å². The van der Waals surface area contributed by atoms with Gasteiger partial charge in [0.2, 0.25) is 0 Å². The molecule has 1 fully saturated rings. The summed E-state index contributed by atoms with van der Waals surface area (Å²) in [6.07, 6.45) is -11.8. The van der Waals surface area contributed by atoms with Crippen molar-refractivity contribution in [1.29, 1.82) is 0 Å². The lowest BCUT2D eigenvalue weighted by Gasteiger charge is -2.31. The smallest absolute Gasteiger partial charge is 0.433 e. The fourth-order valence-corrected chi connectivity index (χ4v) is 4.80. The zero-order chi connectivity index (χ0) is 33.5. The van der Waals surface area contributed by atoms with Gasteiger partial charge in [-0.3, -0.25) is 9.59 Å². The quantitative estimate of drug-likeness (QED) is 0.225. The van der Waals surface area contributed by atoms with Crippen LogP contribution in [0.25, 0.3) is 0 Å². The zero-order valence-electron chi connectivity index (χ0n) is 22.2. The Labute approximate surface area is 255 Å². The summed E-state index contributed by atoms with van der Waals surface area (Å²) in [5.41, 5.74) is -10.5. The second-order valence-electron chi connectivity index (χ2n) is 9.82. The molecule has 45 heavy (non-hydrogen) atoms. The zero-order valence-corrected chi connectivity index (χ0v) is 23.8. The van der Waals surface area contributed by atoms with Gasteiger partial charge in [-0.2, -0.15) is 35.1 Å². The minimum atomic E-state index is -6.60. The van der Waals surface area contributed by atoms with Crippen molar-refractivity contribution >= 4 is 39.1 Å². The first kappa shape index (κ1) is 34.0. The molecule has 0 saturated heterocycles. The van der Waals surface area contributed by atoms with Crippen molar-refractivity contribution in [2.24, 2.45) is 5.92 Å². The van der Waals surface area contributed by atoms with Gasteiger partial charge in [-0.1, -0.05) is 6.07 Å². The number of nitrogens with zero attached hydrogens (tertiary/aromatic N) is 1. The predicted molar refractivity (Wildman–Crippen MR) is 141 cm³/mol. The van der Waals surface area contributed by atoms with E-state index in [0.717, 1.165) is 47.4 Å². The Bertz CT molecular complexity index is 1580. The first-order valence-electron chi connectivity index (χ1n) is 12.6. The maximum Gasteiger partial charge on any atom is 0.435 e. The molecule has 0 unspecified atom stereocenters. The number of hydrogen-bond donors (Lipinski definition) is 1. The first-order valence-corrected chi connectivity index (χ1v) is 13.4. The van der Waals surface area contributed by atoms with Gasteiger partial charge in [-0.25, -0.2) is 13.2 Å². The molecule has 1 aliphatic carbocycles. The average Bonchev–Trinajstić information content (AvgIpc) is 3.76. The third-order valence-electron chi connectivity index (χ3n) is 6.68. The lowest BCUT2D eigenvalue weighted by molar-refractivity contribution is -0.348. The predicted octanol–water partition coefficient (Wildman–Crippen LogP) is 8.93. The molecule has 17 heteroatoms. The second kappa shape index (κ2) is 12.5. The van der Waals surface area contributed by atoms with Crippen LogP contribution in [0.15, 0.2) is 59.1 Å². The van der Waals surface area contributed by atoms with Crippen molar-refractivity contribution in [2.45, 2.75) is 37.5 Å². The number of carbonyl (C=O) groups is 2. The molecular weight excluding hydrogens is 701 g/mol. The van der Waals surface area contributed by atoms with E-state index in [1.54, 1.807) is 0 Å². The van der Waals surface area contributed by atoms with Crippen LogP contribution in [-0.2, 0) is 5.67 Å². The normalized spacial score (nSPS) is 14.0. The average molecular weight is 719 g/mol. The number of benzene rings is 3. The maximum absolute atomic E-state index is 15.8. The van der Waals surface area contributed by atoms with Crippen molar-refractivity contribution in [2.75, 3.05) is 16.8 Å². The van der Waals surface area contributed by atoms with Gasteiger partial charge in [-0.15, -0.1) is 0 Å². The fourth-order valence-electron chi connectivity index (χ4n) is 4.26. The van der Waals surface area contributed by atoms with Crippen molar-refractivity contribution in [3.05, 3.63) is 87.4 Å². The third-order valence-corrected chi connectivity index (χ3v) is 7.30. The van der Waals surface area contributed by atoms with E-state index in [9.17, 15) is 53.5 Å². The molecule has 0 heterocycles. The lowest BCUT2D eigenvalue weighted by atomic mass is 9.93. The number of anilines is 2. The largest absolute Gasteiger partial charge is 0.435 e. The van der Waals surface area contributed by atoms with Crippen LogP contribution in [0.3, 0.4) is 0 Å². The third kappa shape index (κ3) is 7.02. The fraction of sp³-hybridized carbons (Fsp3) is 0.286. The Morgan fingerprint density at radius 1 is 0.933 bits per heavy atom. The molecule has 0 radical (unpaired) electrons. The summed E-state index contributed by atoms with van der Waals surface area (Å²) in [7, 11) is 0. The van der Waals surface area contributed by atoms with Crippen molar-refractivity contribution < 1.29 is 62.6 Å². The van der Waals surface area contributed by atoms with Crippen LogP contribution in [0.2, 0.25) is 0 Å². The molecule has 3 aromatic rings. The Morgan fingerprint density at radius 2 is 1.53 bits per heavy atom. The topological polar surface area (TPSA) is 58.6 Å². The van der Waals surface area contributed by atoms with E-state index in [-0.39, 0.29) is 30.2 Å². The van der Waals surface area contributed by atoms with Gasteiger partial charge in [0, 0.05) is 22.1 Å². The van der Waals surface area contributed by atoms with Crippen molar-refractivity contribution in [3.8, 4) is 5.75 Å². The molecule has 1 aliphatic rings. The number of hydrogen-bond acceptors (Lipinski definition) is 3. The molecule has 0 bridgehead atoms. The first-order chi connectivity index (χ1) is 20.8. The number of rotatable bonds is 9. The minimum absolute atomic E-state index is 0.000973. The van der Waals surface area contributed by atoms with Crippen molar-refractivity contribution in [3.63, 3.8) is 0 Å². The van der Waals surface area contributed by atoms with Crippen LogP contribution >= 0.6 is 15.9 Å². The molecular formula is C28H18BrF11N2O3. The van der Waals surface area contributed by atoms with Gasteiger partial charge in [0.25, 0.3) is 11.8 Å². The highest BCUT2D eigenvalue weighted by Gasteiger charge is 2.73. The molecule has 0 atom stereocenters. The van der Waals surface area contributed by atoms with Crippen LogP contribution in [-0.4, -0.2) is 37.3 Å². The molecule has 2 amide bonds. The summed E-state index contributed by atoms with van der Waals surface area (Å²) in [4.78, 5) is 27.4. The van der Waals surface area contributed by atoms with Gasteiger partial charge >= 0.3 is 24.6 Å². The number of amides is 2. The molecule has 1 N–H and O–H groups in total. The monoisotopic (exact) mass is 718 g/mol. The number of halogens is 12. The second-order valence-corrected chi connectivity index (χ2v) is 10.7. The minimum Gasteiger partial charge on any atom is -0.433 e. The lowest BCUT2D eigenvalue weighted by Crippen LogP contribution is -2.50. The highest BCUT2D eigenvalue weighted by atomic mass is 79.9. The molecule has 4 rings (SSSR count). The number of ether oxygens (including phenoxy) is 1. The van der Waals surface area contributed by atoms with Crippen LogP contribution in [0.4, 0.5) is 59.7 Å².